The molecular weight excluding hydrogens is 242 g/mol. The molecule has 0 saturated heterocycles. The number of aromatic nitrogens is 3. The Labute approximate surface area is 111 Å². The zero-order valence-electron chi connectivity index (χ0n) is 10.8. The molecule has 19 heavy (non-hydrogen) atoms. The first-order chi connectivity index (χ1) is 9.29. The quantitative estimate of drug-likeness (QED) is 0.765. The minimum Gasteiger partial charge on any atom is -0.326 e. The van der Waals surface area contributed by atoms with Crippen molar-refractivity contribution in [3.05, 3.63) is 36.7 Å². The lowest BCUT2D eigenvalue weighted by molar-refractivity contribution is -0.116. The molecule has 2 rings (SSSR count). The number of anilines is 1. The molecule has 0 radical (unpaired) electrons. The first-order valence-corrected chi connectivity index (χ1v) is 6.21. The summed E-state index contributed by atoms with van der Waals surface area (Å²) in [4.78, 5) is 11.6. The fourth-order valence-electron chi connectivity index (χ4n) is 1.69. The van der Waals surface area contributed by atoms with Crippen LogP contribution in [0.4, 0.5) is 5.69 Å². The molecule has 0 aliphatic heterocycles. The lowest BCUT2D eigenvalue weighted by Crippen LogP contribution is -2.15. The van der Waals surface area contributed by atoms with Gasteiger partial charge in [0.15, 0.2) is 0 Å². The average molecular weight is 259 g/mol. The summed E-state index contributed by atoms with van der Waals surface area (Å²) in [5, 5.41) is 13.5. The van der Waals surface area contributed by atoms with Gasteiger partial charge in [0.05, 0.1) is 18.1 Å². The van der Waals surface area contributed by atoms with E-state index < -0.39 is 0 Å². The summed E-state index contributed by atoms with van der Waals surface area (Å²) in [6.07, 6.45) is 4.74. The summed E-state index contributed by atoms with van der Waals surface area (Å²) in [7, 11) is 1.88. The maximum atomic E-state index is 11.6. The molecule has 100 valence electrons. The highest BCUT2D eigenvalue weighted by Gasteiger charge is 2.02. The third kappa shape index (κ3) is 3.89. The van der Waals surface area contributed by atoms with Crippen molar-refractivity contribution in [1.82, 2.24) is 20.3 Å². The Bertz CT molecular complexity index is 506. The second-order valence-electron chi connectivity index (χ2n) is 4.15. The van der Waals surface area contributed by atoms with E-state index in [9.17, 15) is 4.79 Å². The first kappa shape index (κ1) is 13.2. The van der Waals surface area contributed by atoms with Crippen LogP contribution in [0.5, 0.6) is 0 Å². The Kier molecular flexibility index (Phi) is 4.63. The summed E-state index contributed by atoms with van der Waals surface area (Å²) < 4.78 is 1.67. The van der Waals surface area contributed by atoms with E-state index in [2.05, 4.69) is 20.9 Å². The monoisotopic (exact) mass is 259 g/mol. The predicted molar refractivity (Wildman–Crippen MR) is 73.1 cm³/mol. The molecular formula is C13H17N5O. The van der Waals surface area contributed by atoms with Crippen molar-refractivity contribution in [3.8, 4) is 5.69 Å². The average Bonchev–Trinajstić information content (AvgIpc) is 2.94. The molecule has 6 heteroatoms. The van der Waals surface area contributed by atoms with E-state index in [1.54, 1.807) is 17.1 Å². The predicted octanol–water partition coefficient (Wildman–Crippen LogP) is 1.21. The van der Waals surface area contributed by atoms with Gasteiger partial charge in [0, 0.05) is 12.1 Å². The molecule has 0 unspecified atom stereocenters. The molecule has 0 bridgehead atoms. The first-order valence-electron chi connectivity index (χ1n) is 6.21. The Morgan fingerprint density at radius 2 is 2.11 bits per heavy atom. The van der Waals surface area contributed by atoms with Gasteiger partial charge >= 0.3 is 0 Å². The van der Waals surface area contributed by atoms with Crippen LogP contribution in [-0.2, 0) is 4.79 Å². The second kappa shape index (κ2) is 6.65. The number of carbonyl (C=O) groups is 1. The van der Waals surface area contributed by atoms with Gasteiger partial charge < -0.3 is 10.6 Å². The molecule has 1 amide bonds. The van der Waals surface area contributed by atoms with Crippen molar-refractivity contribution < 1.29 is 4.79 Å². The van der Waals surface area contributed by atoms with E-state index in [1.807, 2.05) is 31.3 Å². The number of nitrogens with one attached hydrogen (secondary N) is 2. The van der Waals surface area contributed by atoms with Crippen LogP contribution in [0.25, 0.3) is 5.69 Å². The number of carbonyl (C=O) groups excluding carboxylic acids is 1. The summed E-state index contributed by atoms with van der Waals surface area (Å²) >= 11 is 0. The SMILES string of the molecule is CNCCCC(=O)Nc1ccc(-n2ccnn2)cc1. The molecule has 1 heterocycles. The topological polar surface area (TPSA) is 71.8 Å². The van der Waals surface area contributed by atoms with Gasteiger partial charge in [0.25, 0.3) is 0 Å². The zero-order valence-corrected chi connectivity index (χ0v) is 10.8. The van der Waals surface area contributed by atoms with Gasteiger partial charge in [-0.3, -0.25) is 4.79 Å². The Balaban J connectivity index is 1.90. The van der Waals surface area contributed by atoms with E-state index in [1.165, 1.54) is 0 Å². The van der Waals surface area contributed by atoms with Crippen molar-refractivity contribution in [2.75, 3.05) is 18.9 Å². The highest BCUT2D eigenvalue weighted by molar-refractivity contribution is 5.90. The number of benzene rings is 1. The Hall–Kier alpha value is -2.21. The van der Waals surface area contributed by atoms with E-state index >= 15 is 0 Å². The van der Waals surface area contributed by atoms with Crippen LogP contribution in [0.2, 0.25) is 0 Å². The number of hydrogen-bond donors (Lipinski definition) is 2. The van der Waals surface area contributed by atoms with Crippen LogP contribution < -0.4 is 10.6 Å². The van der Waals surface area contributed by atoms with Gasteiger partial charge in [-0.1, -0.05) is 5.21 Å². The molecule has 0 saturated carbocycles. The summed E-state index contributed by atoms with van der Waals surface area (Å²) in [5.41, 5.74) is 1.70. The minimum atomic E-state index is 0.0313. The van der Waals surface area contributed by atoms with Crippen LogP contribution in [0.3, 0.4) is 0 Å². The number of amides is 1. The highest BCUT2D eigenvalue weighted by atomic mass is 16.1. The van der Waals surface area contributed by atoms with Crippen LogP contribution in [-0.4, -0.2) is 34.5 Å². The molecule has 0 atom stereocenters. The number of hydrogen-bond acceptors (Lipinski definition) is 4. The molecule has 1 aromatic heterocycles. The molecule has 0 fully saturated rings. The van der Waals surface area contributed by atoms with Crippen molar-refractivity contribution >= 4 is 11.6 Å². The van der Waals surface area contributed by atoms with E-state index in [-0.39, 0.29) is 5.91 Å². The van der Waals surface area contributed by atoms with Gasteiger partial charge in [-0.2, -0.15) is 0 Å². The maximum Gasteiger partial charge on any atom is 0.224 e. The second-order valence-corrected chi connectivity index (χ2v) is 4.15. The van der Waals surface area contributed by atoms with E-state index in [0.717, 1.165) is 24.3 Å². The normalized spacial score (nSPS) is 10.4. The van der Waals surface area contributed by atoms with Crippen molar-refractivity contribution in [2.45, 2.75) is 12.8 Å². The summed E-state index contributed by atoms with van der Waals surface area (Å²) in [5.74, 6) is 0.0313. The maximum absolute atomic E-state index is 11.6. The third-order valence-electron chi connectivity index (χ3n) is 2.67. The lowest BCUT2D eigenvalue weighted by atomic mass is 10.2. The standard InChI is InChI=1S/C13H17N5O/c1-14-8-2-3-13(19)16-11-4-6-12(7-5-11)18-10-9-15-17-18/h4-7,9-10,14H,2-3,8H2,1H3,(H,16,19). The Morgan fingerprint density at radius 3 is 2.74 bits per heavy atom. The van der Waals surface area contributed by atoms with Crippen LogP contribution in [0.1, 0.15) is 12.8 Å². The fraction of sp³-hybridized carbons (Fsp3) is 0.308. The van der Waals surface area contributed by atoms with Gasteiger partial charge in [-0.15, -0.1) is 5.10 Å². The minimum absolute atomic E-state index is 0.0313. The Morgan fingerprint density at radius 1 is 1.32 bits per heavy atom. The largest absolute Gasteiger partial charge is 0.326 e. The van der Waals surface area contributed by atoms with Gasteiger partial charge in [-0.25, -0.2) is 4.68 Å². The van der Waals surface area contributed by atoms with Gasteiger partial charge in [0.1, 0.15) is 0 Å². The van der Waals surface area contributed by atoms with E-state index in [4.69, 9.17) is 0 Å². The van der Waals surface area contributed by atoms with Crippen molar-refractivity contribution in [2.24, 2.45) is 0 Å². The van der Waals surface area contributed by atoms with Crippen molar-refractivity contribution in [3.63, 3.8) is 0 Å². The lowest BCUT2D eigenvalue weighted by Gasteiger charge is -2.06. The molecule has 2 N–H and O–H groups in total. The molecule has 0 aliphatic rings. The van der Waals surface area contributed by atoms with Crippen LogP contribution >= 0.6 is 0 Å². The smallest absolute Gasteiger partial charge is 0.224 e. The van der Waals surface area contributed by atoms with Gasteiger partial charge in [-0.05, 0) is 44.3 Å². The highest BCUT2D eigenvalue weighted by Crippen LogP contribution is 2.12. The zero-order chi connectivity index (χ0) is 13.5. The molecule has 0 aliphatic carbocycles. The molecule has 1 aromatic carbocycles. The van der Waals surface area contributed by atoms with Crippen molar-refractivity contribution in [1.29, 1.82) is 0 Å². The molecule has 6 nitrogen and oxygen atoms in total. The third-order valence-corrected chi connectivity index (χ3v) is 2.67. The fourth-order valence-corrected chi connectivity index (χ4v) is 1.69. The number of rotatable bonds is 6. The van der Waals surface area contributed by atoms with Gasteiger partial charge in [0.2, 0.25) is 5.91 Å². The molecule has 0 spiro atoms. The summed E-state index contributed by atoms with van der Waals surface area (Å²) in [6.45, 7) is 0.846. The number of nitrogens with zero attached hydrogens (tertiary/aromatic N) is 3. The van der Waals surface area contributed by atoms with E-state index in [0.29, 0.717) is 6.42 Å². The van der Waals surface area contributed by atoms with Crippen LogP contribution in [0.15, 0.2) is 36.7 Å². The molecule has 2 aromatic rings. The van der Waals surface area contributed by atoms with Crippen LogP contribution in [0, 0.1) is 0 Å². The summed E-state index contributed by atoms with van der Waals surface area (Å²) in [6, 6.07) is 7.48.